The minimum absolute atomic E-state index is 0.0806. The van der Waals surface area contributed by atoms with Crippen molar-refractivity contribution < 1.29 is 19.4 Å². The van der Waals surface area contributed by atoms with Gasteiger partial charge in [-0.15, -0.1) is 0 Å². The molecule has 0 bridgehead atoms. The molecule has 0 aromatic heterocycles. The summed E-state index contributed by atoms with van der Waals surface area (Å²) in [6, 6.07) is 23.9. The maximum atomic E-state index is 12.0. The van der Waals surface area contributed by atoms with Gasteiger partial charge in [0.05, 0.1) is 24.8 Å². The van der Waals surface area contributed by atoms with Crippen molar-refractivity contribution in [1.82, 2.24) is 14.8 Å². The zero-order valence-corrected chi connectivity index (χ0v) is 24.2. The lowest BCUT2D eigenvalue weighted by molar-refractivity contribution is 0.0992. The zero-order chi connectivity index (χ0) is 29.9. The number of hydrogen-bond acceptors (Lipinski definition) is 6. The number of amides is 2. The van der Waals surface area contributed by atoms with Gasteiger partial charge in [-0.05, 0) is 47.9 Å². The van der Waals surface area contributed by atoms with E-state index in [9.17, 15) is 9.59 Å². The number of halogens is 1. The minimum atomic E-state index is -1.22. The summed E-state index contributed by atoms with van der Waals surface area (Å²) in [5.74, 6) is 10.9. The Balaban J connectivity index is 1.27. The first kappa shape index (κ1) is 30.9. The van der Waals surface area contributed by atoms with Crippen molar-refractivity contribution in [2.45, 2.75) is 18.9 Å². The van der Waals surface area contributed by atoms with Crippen molar-refractivity contribution in [2.24, 2.45) is 11.6 Å². The molecule has 0 spiro atoms. The summed E-state index contributed by atoms with van der Waals surface area (Å²) < 4.78 is 5.93. The maximum absolute atomic E-state index is 12.0. The third-order valence-corrected chi connectivity index (χ3v) is 7.40. The van der Waals surface area contributed by atoms with Crippen LogP contribution in [0.5, 0.6) is 5.75 Å². The van der Waals surface area contributed by atoms with Crippen LogP contribution in [0.3, 0.4) is 0 Å². The van der Waals surface area contributed by atoms with Gasteiger partial charge in [0.1, 0.15) is 5.75 Å². The van der Waals surface area contributed by atoms with E-state index in [1.54, 1.807) is 18.2 Å². The van der Waals surface area contributed by atoms with Gasteiger partial charge in [0, 0.05) is 49.7 Å². The number of benzene rings is 3. The molecule has 220 valence electrons. The highest BCUT2D eigenvalue weighted by Gasteiger charge is 2.26. The Labute approximate surface area is 251 Å². The first-order chi connectivity index (χ1) is 20.3. The number of rotatable bonds is 11. The largest absolute Gasteiger partial charge is 0.493 e. The van der Waals surface area contributed by atoms with E-state index in [-0.39, 0.29) is 24.6 Å². The molecule has 3 aromatic carbocycles. The van der Waals surface area contributed by atoms with Crippen molar-refractivity contribution in [1.29, 1.82) is 0 Å². The van der Waals surface area contributed by atoms with Crippen LogP contribution in [-0.2, 0) is 0 Å². The molecule has 42 heavy (non-hydrogen) atoms. The molecule has 1 fully saturated rings. The summed E-state index contributed by atoms with van der Waals surface area (Å²) in [6.07, 6.45) is -0.157. The van der Waals surface area contributed by atoms with E-state index in [0.29, 0.717) is 22.9 Å². The summed E-state index contributed by atoms with van der Waals surface area (Å²) in [4.78, 5) is 27.7. The van der Waals surface area contributed by atoms with Crippen LogP contribution in [0.1, 0.15) is 45.9 Å². The van der Waals surface area contributed by atoms with Gasteiger partial charge >= 0.3 is 6.09 Å². The van der Waals surface area contributed by atoms with Gasteiger partial charge in [0.2, 0.25) is 0 Å². The molecule has 4 rings (SSSR count). The lowest BCUT2D eigenvalue weighted by Crippen LogP contribution is -2.48. The van der Waals surface area contributed by atoms with E-state index >= 15 is 0 Å². The Morgan fingerprint density at radius 2 is 1.69 bits per heavy atom. The van der Waals surface area contributed by atoms with Crippen molar-refractivity contribution in [3.8, 4) is 17.6 Å². The fourth-order valence-electron chi connectivity index (χ4n) is 4.97. The topological polar surface area (TPSA) is 125 Å². The Hall–Kier alpha value is -4.07. The lowest BCUT2D eigenvalue weighted by atomic mass is 9.96. The van der Waals surface area contributed by atoms with Gasteiger partial charge in [0.15, 0.2) is 0 Å². The van der Waals surface area contributed by atoms with Crippen molar-refractivity contribution >= 4 is 23.6 Å². The van der Waals surface area contributed by atoms with Crippen LogP contribution in [-0.4, -0.2) is 77.8 Å². The number of hydrazine groups is 1. The third kappa shape index (κ3) is 8.71. The number of carbonyl (C=O) groups excluding carboxylic acids is 1. The standard InChI is InChI=1S/C32H36ClN5O4/c33-27-13-11-26(12-14-27)30(25-8-2-1-3-9-25)37-20-18-36(19-21-37)16-6-22-42-29-15-10-24(23-28(29)31(34)39)7-4-5-17-38(35)32(40)41/h1-3,8-15,23,30H,5-6,16-22,35H2,(H2,34,39)(H,40,41)/t30-/m1/s1. The van der Waals surface area contributed by atoms with Crippen LogP contribution < -0.4 is 16.3 Å². The zero-order valence-electron chi connectivity index (χ0n) is 23.4. The molecule has 1 aliphatic heterocycles. The average molecular weight is 590 g/mol. The fraction of sp³-hybridized carbons (Fsp3) is 0.312. The van der Waals surface area contributed by atoms with Crippen LogP contribution >= 0.6 is 11.6 Å². The smallest absolute Gasteiger partial charge is 0.421 e. The summed E-state index contributed by atoms with van der Waals surface area (Å²) in [6.45, 7) is 5.20. The van der Waals surface area contributed by atoms with Gasteiger partial charge in [-0.1, -0.05) is 65.9 Å². The number of piperazine rings is 1. The van der Waals surface area contributed by atoms with Crippen molar-refractivity contribution in [2.75, 3.05) is 45.9 Å². The van der Waals surface area contributed by atoms with Crippen molar-refractivity contribution in [3.05, 3.63) is 100 Å². The molecule has 2 amide bonds. The fourth-order valence-corrected chi connectivity index (χ4v) is 5.10. The normalized spacial score (nSPS) is 14.4. The monoisotopic (exact) mass is 589 g/mol. The Morgan fingerprint density at radius 1 is 1.00 bits per heavy atom. The predicted molar refractivity (Wildman–Crippen MR) is 163 cm³/mol. The van der Waals surface area contributed by atoms with Crippen LogP contribution in [0.15, 0.2) is 72.8 Å². The summed E-state index contributed by atoms with van der Waals surface area (Å²) in [5, 5.41) is 10.2. The minimum Gasteiger partial charge on any atom is -0.493 e. The quantitative estimate of drug-likeness (QED) is 0.101. The second-order valence-electron chi connectivity index (χ2n) is 10.0. The Kier molecular flexibility index (Phi) is 11.2. The van der Waals surface area contributed by atoms with Crippen LogP contribution in [0.25, 0.3) is 0 Å². The molecule has 0 aliphatic carbocycles. The molecule has 1 heterocycles. The van der Waals surface area contributed by atoms with Gasteiger partial charge in [-0.25, -0.2) is 15.6 Å². The van der Waals surface area contributed by atoms with Gasteiger partial charge in [-0.3, -0.25) is 9.69 Å². The molecular weight excluding hydrogens is 554 g/mol. The molecule has 1 saturated heterocycles. The molecule has 1 aliphatic rings. The number of primary amides is 1. The Bertz CT molecular complexity index is 1400. The van der Waals surface area contributed by atoms with Crippen LogP contribution in [0.2, 0.25) is 5.02 Å². The van der Waals surface area contributed by atoms with E-state index in [4.69, 9.17) is 33.0 Å². The van der Waals surface area contributed by atoms with Crippen LogP contribution in [0.4, 0.5) is 4.79 Å². The molecule has 1 atom stereocenters. The number of nitrogens with zero attached hydrogens (tertiary/aromatic N) is 3. The first-order valence-electron chi connectivity index (χ1n) is 13.9. The molecule has 0 unspecified atom stereocenters. The number of carbonyl (C=O) groups is 2. The van der Waals surface area contributed by atoms with Gasteiger partial charge in [-0.2, -0.15) is 0 Å². The molecule has 9 nitrogen and oxygen atoms in total. The van der Waals surface area contributed by atoms with Crippen molar-refractivity contribution in [3.63, 3.8) is 0 Å². The SMILES string of the molecule is NC(=O)c1cc(C#CCCN(N)C(=O)O)ccc1OCCCN1CCN([C@H](c2ccccc2)c2ccc(Cl)cc2)CC1. The summed E-state index contributed by atoms with van der Waals surface area (Å²) >= 11 is 6.16. The van der Waals surface area contributed by atoms with E-state index in [2.05, 4.69) is 58.0 Å². The highest BCUT2D eigenvalue weighted by molar-refractivity contribution is 6.30. The highest BCUT2D eigenvalue weighted by atomic mass is 35.5. The molecular formula is C32H36ClN5O4. The number of carboxylic acid groups (broad SMARTS) is 1. The predicted octanol–water partition coefficient (Wildman–Crippen LogP) is 4.21. The average Bonchev–Trinajstić information content (AvgIpc) is 3.00. The number of nitrogens with two attached hydrogens (primary N) is 2. The molecule has 3 aromatic rings. The first-order valence-corrected chi connectivity index (χ1v) is 14.3. The number of ether oxygens (including phenoxy) is 1. The summed E-state index contributed by atoms with van der Waals surface area (Å²) in [7, 11) is 0. The van der Waals surface area contributed by atoms with Gasteiger partial charge in [0.25, 0.3) is 5.91 Å². The molecule has 0 radical (unpaired) electrons. The molecule has 5 N–H and O–H groups in total. The summed E-state index contributed by atoms with van der Waals surface area (Å²) in [5.41, 5.74) is 8.93. The van der Waals surface area contributed by atoms with E-state index in [0.717, 1.165) is 44.2 Å². The van der Waals surface area contributed by atoms with Gasteiger partial charge < -0.3 is 20.5 Å². The third-order valence-electron chi connectivity index (χ3n) is 7.15. The van der Waals surface area contributed by atoms with E-state index in [1.165, 1.54) is 11.1 Å². The number of hydrogen-bond donors (Lipinski definition) is 3. The lowest BCUT2D eigenvalue weighted by Gasteiger charge is -2.39. The van der Waals surface area contributed by atoms with E-state index in [1.807, 2.05) is 18.2 Å². The second kappa shape index (κ2) is 15.2. The van der Waals surface area contributed by atoms with E-state index < -0.39 is 12.0 Å². The maximum Gasteiger partial charge on any atom is 0.421 e. The Morgan fingerprint density at radius 3 is 2.36 bits per heavy atom. The second-order valence-corrected chi connectivity index (χ2v) is 10.5. The molecule has 0 saturated carbocycles. The highest BCUT2D eigenvalue weighted by Crippen LogP contribution is 2.30. The molecule has 10 heteroatoms. The van der Waals surface area contributed by atoms with Crippen LogP contribution in [0, 0.1) is 11.8 Å².